The third-order valence-electron chi connectivity index (χ3n) is 4.38. The normalized spacial score (nSPS) is 14.0. The van der Waals surface area contributed by atoms with E-state index in [9.17, 15) is 4.79 Å². The topological polar surface area (TPSA) is 58.4 Å². The van der Waals surface area contributed by atoms with E-state index in [0.29, 0.717) is 29.6 Å². The van der Waals surface area contributed by atoms with E-state index in [-0.39, 0.29) is 12.5 Å². The number of para-hydroxylation sites is 1. The van der Waals surface area contributed by atoms with Gasteiger partial charge in [-0.15, -0.1) is 0 Å². The number of halogens is 1. The summed E-state index contributed by atoms with van der Waals surface area (Å²) in [7, 11) is 0. The minimum atomic E-state index is 0.0197. The highest BCUT2D eigenvalue weighted by Gasteiger charge is 2.34. The van der Waals surface area contributed by atoms with E-state index < -0.39 is 0 Å². The van der Waals surface area contributed by atoms with Crippen LogP contribution in [0.4, 0.5) is 0 Å². The van der Waals surface area contributed by atoms with Gasteiger partial charge in [0.1, 0.15) is 0 Å². The van der Waals surface area contributed by atoms with Crippen molar-refractivity contribution in [3.8, 4) is 5.69 Å². The lowest BCUT2D eigenvalue weighted by atomic mass is 10.2. The lowest BCUT2D eigenvalue weighted by Crippen LogP contribution is -2.34. The van der Waals surface area contributed by atoms with Gasteiger partial charge in [0, 0.05) is 19.2 Å². The summed E-state index contributed by atoms with van der Waals surface area (Å²) in [5, 5.41) is 13.9. The number of benzene rings is 1. The summed E-state index contributed by atoms with van der Waals surface area (Å²) in [5.74, 6) is 0.0197. The van der Waals surface area contributed by atoms with Gasteiger partial charge in [0.15, 0.2) is 0 Å². The molecule has 1 heterocycles. The summed E-state index contributed by atoms with van der Waals surface area (Å²) < 4.78 is 1.72. The molecule has 0 atom stereocenters. The fourth-order valence-electron chi connectivity index (χ4n) is 2.87. The van der Waals surface area contributed by atoms with Crippen LogP contribution in [-0.4, -0.2) is 44.9 Å². The molecule has 0 spiro atoms. The summed E-state index contributed by atoms with van der Waals surface area (Å²) in [6.45, 7) is 2.74. The largest absolute Gasteiger partial charge is 0.396 e. The molecule has 1 fully saturated rings. The van der Waals surface area contributed by atoms with Crippen molar-refractivity contribution in [1.82, 2.24) is 14.7 Å². The number of unbranched alkanes of at least 4 members (excludes halogenated alkanes) is 1. The van der Waals surface area contributed by atoms with Crippen LogP contribution < -0.4 is 0 Å². The molecule has 0 bridgehead atoms. The molecule has 1 aromatic carbocycles. The first-order chi connectivity index (χ1) is 11.6. The van der Waals surface area contributed by atoms with Crippen LogP contribution in [0.2, 0.25) is 5.02 Å². The van der Waals surface area contributed by atoms with Gasteiger partial charge in [-0.25, -0.2) is 4.68 Å². The van der Waals surface area contributed by atoms with E-state index in [1.165, 1.54) is 0 Å². The maximum absolute atomic E-state index is 12.9. The summed E-state index contributed by atoms with van der Waals surface area (Å²) >= 11 is 6.25. The molecule has 1 aromatic heterocycles. The molecule has 0 saturated heterocycles. The molecule has 6 heteroatoms. The Morgan fingerprint density at radius 3 is 2.79 bits per heavy atom. The fraction of sp³-hybridized carbons (Fsp3) is 0.444. The Bertz CT molecular complexity index is 725. The van der Waals surface area contributed by atoms with Gasteiger partial charge in [-0.1, -0.05) is 23.7 Å². The van der Waals surface area contributed by atoms with Crippen LogP contribution in [0, 0.1) is 6.92 Å². The fourth-order valence-corrected chi connectivity index (χ4v) is 3.09. The van der Waals surface area contributed by atoms with Crippen LogP contribution in [0.15, 0.2) is 30.5 Å². The minimum absolute atomic E-state index is 0.0197. The molecule has 0 aliphatic heterocycles. The van der Waals surface area contributed by atoms with Gasteiger partial charge in [-0.2, -0.15) is 5.10 Å². The Balaban J connectivity index is 1.84. The molecule has 1 aliphatic carbocycles. The van der Waals surface area contributed by atoms with Gasteiger partial charge in [-0.3, -0.25) is 4.79 Å². The Hall–Kier alpha value is -1.85. The van der Waals surface area contributed by atoms with Crippen LogP contribution in [0.25, 0.3) is 5.69 Å². The third-order valence-corrected chi connectivity index (χ3v) is 4.70. The SMILES string of the molecule is Cc1c(C(=O)N(CCCCO)C2CC2)cnn1-c1ccccc1Cl. The second-order valence-corrected chi connectivity index (χ2v) is 6.57. The first-order valence-corrected chi connectivity index (χ1v) is 8.72. The van der Waals surface area contributed by atoms with Crippen LogP contribution in [0.3, 0.4) is 0 Å². The van der Waals surface area contributed by atoms with Crippen LogP contribution >= 0.6 is 11.6 Å². The first-order valence-electron chi connectivity index (χ1n) is 8.35. The number of aliphatic hydroxyl groups is 1. The number of nitrogens with zero attached hydrogens (tertiary/aromatic N) is 3. The Labute approximate surface area is 146 Å². The zero-order chi connectivity index (χ0) is 17.1. The van der Waals surface area contributed by atoms with Crippen molar-refractivity contribution in [2.75, 3.05) is 13.2 Å². The molecule has 3 rings (SSSR count). The number of aliphatic hydroxyl groups excluding tert-OH is 1. The highest BCUT2D eigenvalue weighted by atomic mass is 35.5. The molecule has 2 aromatic rings. The summed E-state index contributed by atoms with van der Waals surface area (Å²) in [5.41, 5.74) is 2.18. The van der Waals surface area contributed by atoms with E-state index in [1.54, 1.807) is 10.9 Å². The Morgan fingerprint density at radius 2 is 2.12 bits per heavy atom. The number of rotatable bonds is 7. The molecule has 0 unspecified atom stereocenters. The molecular formula is C18H22ClN3O2. The van der Waals surface area contributed by atoms with Crippen LogP contribution in [0.5, 0.6) is 0 Å². The average molecular weight is 348 g/mol. The van der Waals surface area contributed by atoms with Gasteiger partial charge < -0.3 is 10.0 Å². The van der Waals surface area contributed by atoms with Crippen molar-refractivity contribution in [3.63, 3.8) is 0 Å². The van der Waals surface area contributed by atoms with Crippen LogP contribution in [0.1, 0.15) is 41.7 Å². The number of hydrogen-bond donors (Lipinski definition) is 1. The number of hydrogen-bond acceptors (Lipinski definition) is 3. The van der Waals surface area contributed by atoms with Gasteiger partial charge >= 0.3 is 0 Å². The molecule has 1 aliphatic rings. The summed E-state index contributed by atoms with van der Waals surface area (Å²) in [6, 6.07) is 7.79. The van der Waals surface area contributed by atoms with Gasteiger partial charge in [0.25, 0.3) is 5.91 Å². The minimum Gasteiger partial charge on any atom is -0.396 e. The van der Waals surface area contributed by atoms with E-state index in [0.717, 1.165) is 30.6 Å². The molecule has 1 N–H and O–H groups in total. The zero-order valence-electron chi connectivity index (χ0n) is 13.8. The predicted molar refractivity (Wildman–Crippen MR) is 93.7 cm³/mol. The molecule has 1 saturated carbocycles. The number of amides is 1. The molecule has 0 radical (unpaired) electrons. The van der Waals surface area contributed by atoms with E-state index in [4.69, 9.17) is 16.7 Å². The van der Waals surface area contributed by atoms with E-state index >= 15 is 0 Å². The van der Waals surface area contributed by atoms with Gasteiger partial charge in [0.2, 0.25) is 0 Å². The van der Waals surface area contributed by atoms with E-state index in [2.05, 4.69) is 5.10 Å². The van der Waals surface area contributed by atoms with Crippen LogP contribution in [-0.2, 0) is 0 Å². The van der Waals surface area contributed by atoms with Gasteiger partial charge in [-0.05, 0) is 44.7 Å². The van der Waals surface area contributed by atoms with Crippen molar-refractivity contribution in [3.05, 3.63) is 46.7 Å². The second-order valence-electron chi connectivity index (χ2n) is 6.17. The van der Waals surface area contributed by atoms with Crippen molar-refractivity contribution in [2.24, 2.45) is 0 Å². The molecule has 1 amide bonds. The summed E-state index contributed by atoms with van der Waals surface area (Å²) in [6.07, 6.45) is 5.28. The number of aromatic nitrogens is 2. The molecular weight excluding hydrogens is 326 g/mol. The number of carbonyl (C=O) groups is 1. The maximum Gasteiger partial charge on any atom is 0.257 e. The van der Waals surface area contributed by atoms with Crippen molar-refractivity contribution < 1.29 is 9.90 Å². The lowest BCUT2D eigenvalue weighted by molar-refractivity contribution is 0.0736. The zero-order valence-corrected chi connectivity index (χ0v) is 14.5. The summed E-state index contributed by atoms with van der Waals surface area (Å²) in [4.78, 5) is 14.9. The average Bonchev–Trinajstić information content (AvgIpc) is 3.34. The van der Waals surface area contributed by atoms with Gasteiger partial charge in [0.05, 0.1) is 28.2 Å². The smallest absolute Gasteiger partial charge is 0.257 e. The predicted octanol–water partition coefficient (Wildman–Crippen LogP) is 3.21. The third kappa shape index (κ3) is 3.47. The first kappa shape index (κ1) is 17.0. The molecule has 5 nitrogen and oxygen atoms in total. The Morgan fingerprint density at radius 1 is 1.38 bits per heavy atom. The lowest BCUT2D eigenvalue weighted by Gasteiger charge is -2.22. The number of carbonyl (C=O) groups excluding carboxylic acids is 1. The quantitative estimate of drug-likeness (QED) is 0.782. The second kappa shape index (κ2) is 7.36. The Kier molecular flexibility index (Phi) is 5.21. The highest BCUT2D eigenvalue weighted by molar-refractivity contribution is 6.32. The standard InChI is InChI=1S/C18H22ClN3O2/c1-13-15(12-20-22(13)17-7-3-2-6-16(17)19)18(24)21(14-8-9-14)10-4-5-11-23/h2-3,6-7,12,14,23H,4-5,8-11H2,1H3. The van der Waals surface area contributed by atoms with E-state index in [1.807, 2.05) is 36.1 Å². The molecule has 24 heavy (non-hydrogen) atoms. The maximum atomic E-state index is 12.9. The highest BCUT2D eigenvalue weighted by Crippen LogP contribution is 2.30. The van der Waals surface area contributed by atoms with Crippen molar-refractivity contribution in [2.45, 2.75) is 38.6 Å². The van der Waals surface area contributed by atoms with Crippen molar-refractivity contribution in [1.29, 1.82) is 0 Å². The molecule has 128 valence electrons. The van der Waals surface area contributed by atoms with Crippen molar-refractivity contribution >= 4 is 17.5 Å². The monoisotopic (exact) mass is 347 g/mol.